The zero-order valence-electron chi connectivity index (χ0n) is 20.1. The molecule has 0 aliphatic heterocycles. The Balaban J connectivity index is 1.47. The van der Waals surface area contributed by atoms with Crippen LogP contribution in [0.15, 0.2) is 84.6 Å². The number of amides is 1. The van der Waals surface area contributed by atoms with E-state index in [0.717, 1.165) is 35.7 Å². The molecular weight excluding hydrogens is 458 g/mol. The van der Waals surface area contributed by atoms with Crippen LogP contribution >= 0.6 is 11.6 Å². The molecule has 0 radical (unpaired) electrons. The first kappa shape index (κ1) is 24.6. The second kappa shape index (κ2) is 11.2. The summed E-state index contributed by atoms with van der Waals surface area (Å²) in [4.78, 5) is 27.7. The zero-order chi connectivity index (χ0) is 24.8. The molecule has 6 heteroatoms. The number of hydrogen-bond donors (Lipinski definition) is 2. The number of nitrogens with zero attached hydrogens (tertiary/aromatic N) is 1. The molecule has 4 rings (SSSR count). The van der Waals surface area contributed by atoms with Gasteiger partial charge in [0.15, 0.2) is 5.78 Å². The zero-order valence-corrected chi connectivity index (χ0v) is 20.8. The molecule has 1 atom stereocenters. The van der Waals surface area contributed by atoms with E-state index < -0.39 is 0 Å². The quantitative estimate of drug-likeness (QED) is 0.363. The van der Waals surface area contributed by atoms with Crippen LogP contribution in [0, 0.1) is 0 Å². The molecule has 0 saturated carbocycles. The number of benzene rings is 3. The molecule has 1 aliphatic rings. The van der Waals surface area contributed by atoms with Gasteiger partial charge < -0.3 is 15.5 Å². The number of carbonyl (C=O) groups is 2. The van der Waals surface area contributed by atoms with Crippen molar-refractivity contribution in [3.8, 4) is 0 Å². The lowest BCUT2D eigenvalue weighted by molar-refractivity contribution is -0.115. The fraction of sp³-hybridized carbons (Fsp3) is 0.241. The molecule has 3 aromatic rings. The van der Waals surface area contributed by atoms with Gasteiger partial charge in [0.05, 0.1) is 11.4 Å². The van der Waals surface area contributed by atoms with Gasteiger partial charge in [-0.1, -0.05) is 35.9 Å². The third kappa shape index (κ3) is 6.11. The van der Waals surface area contributed by atoms with E-state index in [1.807, 2.05) is 72.8 Å². The second-order valence-corrected chi connectivity index (χ2v) is 9.07. The topological polar surface area (TPSA) is 61.4 Å². The molecule has 1 unspecified atom stereocenters. The summed E-state index contributed by atoms with van der Waals surface area (Å²) in [5, 5.41) is 7.07. The van der Waals surface area contributed by atoms with E-state index in [1.54, 1.807) is 6.08 Å². The number of nitrogens with one attached hydrogen (secondary N) is 2. The van der Waals surface area contributed by atoms with Crippen LogP contribution in [-0.4, -0.2) is 24.8 Å². The lowest BCUT2D eigenvalue weighted by atomic mass is 9.85. The lowest BCUT2D eigenvalue weighted by Crippen LogP contribution is -2.22. The standard InChI is InChI=1S/C29H30ClN3O2/c1-3-33(4-2)25-15-11-21(12-16-25)29(35)32-28-8-6-5-7-27(28)31-24-17-22(18-26(34)19-24)20-9-13-23(30)14-10-20/h5-16,19,22,31H,3-4,17-18H2,1-2H3,(H,32,35). The average Bonchev–Trinajstić information content (AvgIpc) is 2.86. The molecule has 180 valence electrons. The molecule has 0 heterocycles. The molecule has 0 spiro atoms. The molecule has 3 aromatic carbocycles. The van der Waals surface area contributed by atoms with Gasteiger partial charge in [-0.15, -0.1) is 0 Å². The van der Waals surface area contributed by atoms with Crippen molar-refractivity contribution in [2.24, 2.45) is 0 Å². The summed E-state index contributed by atoms with van der Waals surface area (Å²) in [5.74, 6) is -0.0232. The van der Waals surface area contributed by atoms with Crippen molar-refractivity contribution in [1.29, 1.82) is 0 Å². The van der Waals surface area contributed by atoms with Crippen LogP contribution in [-0.2, 0) is 4.79 Å². The van der Waals surface area contributed by atoms with E-state index >= 15 is 0 Å². The van der Waals surface area contributed by atoms with Crippen molar-refractivity contribution in [3.63, 3.8) is 0 Å². The predicted octanol–water partition coefficient (Wildman–Crippen LogP) is 6.88. The van der Waals surface area contributed by atoms with E-state index in [-0.39, 0.29) is 17.6 Å². The summed E-state index contributed by atoms with van der Waals surface area (Å²) in [5.41, 5.74) is 5.00. The van der Waals surface area contributed by atoms with Gasteiger partial charge in [0.25, 0.3) is 5.91 Å². The molecule has 35 heavy (non-hydrogen) atoms. The van der Waals surface area contributed by atoms with Gasteiger partial charge in [0, 0.05) is 47.6 Å². The molecule has 1 amide bonds. The third-order valence-electron chi connectivity index (χ3n) is 6.32. The van der Waals surface area contributed by atoms with Crippen molar-refractivity contribution in [3.05, 3.63) is 101 Å². The Hall–Kier alpha value is -3.57. The number of carbonyl (C=O) groups excluding carboxylic acids is 2. The van der Waals surface area contributed by atoms with Crippen LogP contribution in [0.2, 0.25) is 5.02 Å². The number of allylic oxidation sites excluding steroid dienone is 2. The van der Waals surface area contributed by atoms with E-state index in [9.17, 15) is 9.59 Å². The minimum Gasteiger partial charge on any atom is -0.372 e. The number of rotatable bonds is 8. The second-order valence-electron chi connectivity index (χ2n) is 8.64. The Morgan fingerprint density at radius 3 is 2.23 bits per heavy atom. The summed E-state index contributed by atoms with van der Waals surface area (Å²) in [6, 6.07) is 22.8. The molecule has 5 nitrogen and oxygen atoms in total. The maximum atomic E-state index is 13.0. The Morgan fingerprint density at radius 2 is 1.57 bits per heavy atom. The number of hydrogen-bond acceptors (Lipinski definition) is 4. The summed E-state index contributed by atoms with van der Waals surface area (Å²) in [6.45, 7) is 6.05. The van der Waals surface area contributed by atoms with Crippen LogP contribution in [0.3, 0.4) is 0 Å². The molecule has 0 bridgehead atoms. The molecule has 1 aliphatic carbocycles. The van der Waals surface area contributed by atoms with Gasteiger partial charge in [-0.25, -0.2) is 0 Å². The third-order valence-corrected chi connectivity index (χ3v) is 6.57. The number of para-hydroxylation sites is 2. The highest BCUT2D eigenvalue weighted by atomic mass is 35.5. The van der Waals surface area contributed by atoms with Crippen LogP contribution in [0.5, 0.6) is 0 Å². The Kier molecular flexibility index (Phi) is 7.88. The van der Waals surface area contributed by atoms with E-state index in [4.69, 9.17) is 11.6 Å². The largest absolute Gasteiger partial charge is 0.372 e. The number of halogens is 1. The van der Waals surface area contributed by atoms with Crippen LogP contribution in [0.25, 0.3) is 0 Å². The first-order valence-corrected chi connectivity index (χ1v) is 12.4. The van der Waals surface area contributed by atoms with Crippen molar-refractivity contribution in [1.82, 2.24) is 0 Å². The number of anilines is 3. The van der Waals surface area contributed by atoms with Crippen LogP contribution in [0.1, 0.15) is 48.5 Å². The van der Waals surface area contributed by atoms with Crippen molar-refractivity contribution < 1.29 is 9.59 Å². The van der Waals surface area contributed by atoms with Crippen LogP contribution in [0.4, 0.5) is 17.1 Å². The van der Waals surface area contributed by atoms with Crippen molar-refractivity contribution in [2.45, 2.75) is 32.6 Å². The number of ketones is 1. The predicted molar refractivity (Wildman–Crippen MR) is 145 cm³/mol. The monoisotopic (exact) mass is 487 g/mol. The highest BCUT2D eigenvalue weighted by molar-refractivity contribution is 6.30. The van der Waals surface area contributed by atoms with Gasteiger partial charge in [-0.3, -0.25) is 9.59 Å². The minimum absolute atomic E-state index is 0.0773. The molecule has 0 aromatic heterocycles. The smallest absolute Gasteiger partial charge is 0.255 e. The van der Waals surface area contributed by atoms with Gasteiger partial charge in [0.2, 0.25) is 0 Å². The van der Waals surface area contributed by atoms with Gasteiger partial charge in [-0.05, 0) is 80.3 Å². The Morgan fingerprint density at radius 1 is 0.914 bits per heavy atom. The summed E-state index contributed by atoms with van der Waals surface area (Å²) < 4.78 is 0. The molecule has 0 saturated heterocycles. The first-order chi connectivity index (χ1) is 17.0. The minimum atomic E-state index is -0.182. The van der Waals surface area contributed by atoms with Crippen molar-refractivity contribution in [2.75, 3.05) is 28.6 Å². The van der Waals surface area contributed by atoms with Gasteiger partial charge in [0.1, 0.15) is 0 Å². The lowest BCUT2D eigenvalue weighted by Gasteiger charge is -2.24. The van der Waals surface area contributed by atoms with Gasteiger partial charge >= 0.3 is 0 Å². The van der Waals surface area contributed by atoms with Gasteiger partial charge in [-0.2, -0.15) is 0 Å². The summed E-state index contributed by atoms with van der Waals surface area (Å²) in [6.07, 6.45) is 2.83. The van der Waals surface area contributed by atoms with E-state index in [2.05, 4.69) is 29.4 Å². The highest BCUT2D eigenvalue weighted by Gasteiger charge is 2.23. The van der Waals surface area contributed by atoms with Crippen molar-refractivity contribution >= 4 is 40.4 Å². The SMILES string of the molecule is CCN(CC)c1ccc(C(=O)Nc2ccccc2NC2=CC(=O)CC(c3ccc(Cl)cc3)C2)cc1. The van der Waals surface area contributed by atoms with E-state index in [1.165, 1.54) is 0 Å². The Labute approximate surface area is 211 Å². The summed E-state index contributed by atoms with van der Waals surface area (Å²) in [7, 11) is 0. The van der Waals surface area contributed by atoms with Crippen LogP contribution < -0.4 is 15.5 Å². The maximum Gasteiger partial charge on any atom is 0.255 e. The van der Waals surface area contributed by atoms with E-state index in [0.29, 0.717) is 29.1 Å². The maximum absolute atomic E-state index is 13.0. The highest BCUT2D eigenvalue weighted by Crippen LogP contribution is 2.34. The fourth-order valence-corrected chi connectivity index (χ4v) is 4.56. The molecular formula is C29H30ClN3O2. The summed E-state index contributed by atoms with van der Waals surface area (Å²) >= 11 is 6.03. The molecule has 0 fully saturated rings. The molecule has 2 N–H and O–H groups in total. The normalized spacial score (nSPS) is 15.3. The fourth-order valence-electron chi connectivity index (χ4n) is 4.43. The first-order valence-electron chi connectivity index (χ1n) is 12.0. The average molecular weight is 488 g/mol. The Bertz CT molecular complexity index is 1220.